The highest BCUT2D eigenvalue weighted by atomic mass is 16.6. The van der Waals surface area contributed by atoms with Crippen molar-refractivity contribution in [1.29, 1.82) is 0 Å². The molecule has 6 nitrogen and oxygen atoms in total. The first-order valence-electron chi connectivity index (χ1n) is 8.72. The van der Waals surface area contributed by atoms with Crippen LogP contribution in [0.2, 0.25) is 0 Å². The summed E-state index contributed by atoms with van der Waals surface area (Å²) in [5.41, 5.74) is 6.53. The molecule has 2 atom stereocenters. The minimum Gasteiger partial charge on any atom is -0.461 e. The third-order valence-electron chi connectivity index (χ3n) is 4.06. The number of likely N-dealkylation sites (tertiary alicyclic amines) is 1. The number of ether oxygens (including phenoxy) is 2. The Bertz CT molecular complexity index is 583. The van der Waals surface area contributed by atoms with Crippen LogP contribution in [0.15, 0.2) is 30.3 Å². The predicted octanol–water partition coefficient (Wildman–Crippen LogP) is 3.05. The number of carbonyl (C=O) groups excluding carboxylic acids is 2. The lowest BCUT2D eigenvalue weighted by Crippen LogP contribution is -2.48. The molecule has 0 aliphatic carbocycles. The van der Waals surface area contributed by atoms with E-state index in [9.17, 15) is 9.59 Å². The van der Waals surface area contributed by atoms with Gasteiger partial charge >= 0.3 is 12.1 Å². The number of nitrogens with zero attached hydrogens (tertiary/aromatic N) is 1. The smallest absolute Gasteiger partial charge is 0.411 e. The van der Waals surface area contributed by atoms with Gasteiger partial charge in [0.15, 0.2) is 0 Å². The molecule has 1 aliphatic heterocycles. The van der Waals surface area contributed by atoms with Crippen molar-refractivity contribution in [2.45, 2.75) is 58.4 Å². The molecule has 6 heteroatoms. The molecule has 2 N–H and O–H groups in total. The summed E-state index contributed by atoms with van der Waals surface area (Å²) in [6.45, 7) is 6.19. The van der Waals surface area contributed by atoms with Crippen LogP contribution in [0.5, 0.6) is 0 Å². The maximum absolute atomic E-state index is 12.4. The average Bonchev–Trinajstić information content (AvgIpc) is 2.73. The lowest BCUT2D eigenvalue weighted by Gasteiger charge is -2.30. The molecule has 0 aromatic heterocycles. The van der Waals surface area contributed by atoms with E-state index in [-0.39, 0.29) is 18.5 Å². The maximum Gasteiger partial charge on any atom is 0.411 e. The van der Waals surface area contributed by atoms with Crippen molar-refractivity contribution in [3.63, 3.8) is 0 Å². The number of carbonyl (C=O) groups is 2. The molecule has 1 aromatic rings. The van der Waals surface area contributed by atoms with Gasteiger partial charge in [-0.25, -0.2) is 4.79 Å². The van der Waals surface area contributed by atoms with Crippen LogP contribution < -0.4 is 5.73 Å². The second-order valence-corrected chi connectivity index (χ2v) is 7.41. The number of rotatable bonds is 3. The van der Waals surface area contributed by atoms with Crippen LogP contribution in [-0.2, 0) is 20.9 Å². The maximum atomic E-state index is 12.4. The Morgan fingerprint density at radius 3 is 2.56 bits per heavy atom. The Balaban J connectivity index is 1.90. The fourth-order valence-corrected chi connectivity index (χ4v) is 2.82. The molecule has 2 rings (SSSR count). The van der Waals surface area contributed by atoms with Gasteiger partial charge in [-0.3, -0.25) is 9.69 Å². The third-order valence-corrected chi connectivity index (χ3v) is 4.06. The largest absolute Gasteiger partial charge is 0.461 e. The molecule has 0 unspecified atom stereocenters. The van der Waals surface area contributed by atoms with Crippen LogP contribution in [0.25, 0.3) is 0 Å². The van der Waals surface area contributed by atoms with E-state index in [4.69, 9.17) is 15.2 Å². The fraction of sp³-hybridized carbons (Fsp3) is 0.579. The van der Waals surface area contributed by atoms with Crippen molar-refractivity contribution in [3.05, 3.63) is 35.9 Å². The zero-order valence-corrected chi connectivity index (χ0v) is 15.2. The lowest BCUT2D eigenvalue weighted by atomic mass is 10.00. The molecule has 1 fully saturated rings. The summed E-state index contributed by atoms with van der Waals surface area (Å²) in [6, 6.07) is 9.56. The van der Waals surface area contributed by atoms with Crippen molar-refractivity contribution < 1.29 is 19.1 Å². The van der Waals surface area contributed by atoms with Gasteiger partial charge in [-0.2, -0.15) is 0 Å². The average molecular weight is 348 g/mol. The van der Waals surface area contributed by atoms with E-state index in [1.165, 1.54) is 4.90 Å². The van der Waals surface area contributed by atoms with Crippen LogP contribution in [0.4, 0.5) is 4.79 Å². The Morgan fingerprint density at radius 1 is 1.24 bits per heavy atom. The highest BCUT2D eigenvalue weighted by Crippen LogP contribution is 2.23. The van der Waals surface area contributed by atoms with Crippen molar-refractivity contribution in [2.75, 3.05) is 6.54 Å². The molecule has 138 valence electrons. The van der Waals surface area contributed by atoms with E-state index >= 15 is 0 Å². The minimum atomic E-state index is -0.572. The summed E-state index contributed by atoms with van der Waals surface area (Å²) in [6.07, 6.45) is 0.746. The first-order valence-corrected chi connectivity index (χ1v) is 8.72. The van der Waals surface area contributed by atoms with Gasteiger partial charge in [0.05, 0.1) is 12.1 Å². The van der Waals surface area contributed by atoms with Crippen LogP contribution in [0.3, 0.4) is 0 Å². The Kier molecular flexibility index (Phi) is 6.42. The van der Waals surface area contributed by atoms with Crippen molar-refractivity contribution in [3.8, 4) is 0 Å². The van der Waals surface area contributed by atoms with Crippen molar-refractivity contribution in [2.24, 2.45) is 11.7 Å². The van der Waals surface area contributed by atoms with Crippen LogP contribution in [0, 0.1) is 5.92 Å². The van der Waals surface area contributed by atoms with E-state index < -0.39 is 17.9 Å². The fourth-order valence-electron chi connectivity index (χ4n) is 2.82. The Morgan fingerprint density at radius 2 is 1.92 bits per heavy atom. The topological polar surface area (TPSA) is 81.9 Å². The number of esters is 1. The SMILES string of the molecule is CC(C)(C)OC(=O)N1CCC[C@@H](C(=O)OCc2ccccc2)C[C@@H]1N. The summed E-state index contributed by atoms with van der Waals surface area (Å²) >= 11 is 0. The van der Waals surface area contributed by atoms with Gasteiger partial charge in [0.25, 0.3) is 0 Å². The summed E-state index contributed by atoms with van der Waals surface area (Å²) in [7, 11) is 0. The van der Waals surface area contributed by atoms with Crippen molar-refractivity contribution >= 4 is 12.1 Å². The summed E-state index contributed by atoms with van der Waals surface area (Å²) in [4.78, 5) is 26.1. The monoisotopic (exact) mass is 348 g/mol. The molecule has 1 amide bonds. The van der Waals surface area contributed by atoms with Gasteiger partial charge in [-0.15, -0.1) is 0 Å². The summed E-state index contributed by atoms with van der Waals surface area (Å²) < 4.78 is 10.8. The van der Waals surface area contributed by atoms with E-state index in [1.807, 2.05) is 51.1 Å². The first kappa shape index (κ1) is 19.2. The molecule has 1 heterocycles. The molecule has 0 saturated carbocycles. The van der Waals surface area contributed by atoms with Crippen molar-refractivity contribution in [1.82, 2.24) is 4.90 Å². The molecule has 1 aromatic carbocycles. The second kappa shape index (κ2) is 8.34. The molecule has 0 radical (unpaired) electrons. The Labute approximate surface area is 149 Å². The molecule has 0 bridgehead atoms. The summed E-state index contributed by atoms with van der Waals surface area (Å²) in [5.74, 6) is -0.559. The number of benzene rings is 1. The number of hydrogen-bond acceptors (Lipinski definition) is 5. The van der Waals surface area contributed by atoms with Crippen LogP contribution in [0.1, 0.15) is 45.6 Å². The van der Waals surface area contributed by atoms with Gasteiger partial charge < -0.3 is 15.2 Å². The molecule has 1 aliphatic rings. The number of amides is 1. The van der Waals surface area contributed by atoms with Gasteiger partial charge in [0.1, 0.15) is 12.2 Å². The normalized spacial score (nSPS) is 21.4. The van der Waals surface area contributed by atoms with Crippen LogP contribution in [-0.4, -0.2) is 35.3 Å². The molecular formula is C19H28N2O4. The van der Waals surface area contributed by atoms with Crippen LogP contribution >= 0.6 is 0 Å². The van der Waals surface area contributed by atoms with E-state index in [0.717, 1.165) is 5.56 Å². The van der Waals surface area contributed by atoms with Gasteiger partial charge in [0, 0.05) is 6.54 Å². The van der Waals surface area contributed by atoms with E-state index in [0.29, 0.717) is 25.8 Å². The molecule has 1 saturated heterocycles. The standard InChI is InChI=1S/C19H28N2O4/c1-19(2,3)25-18(23)21-11-7-10-15(12-16(21)20)17(22)24-13-14-8-5-4-6-9-14/h4-6,8-9,15-16H,7,10-13,20H2,1-3H3/t15-,16-/m1/s1. The van der Waals surface area contributed by atoms with E-state index in [2.05, 4.69) is 0 Å². The Hall–Kier alpha value is -2.08. The molecule has 25 heavy (non-hydrogen) atoms. The number of nitrogens with two attached hydrogens (primary N) is 1. The van der Waals surface area contributed by atoms with Gasteiger partial charge in [0.2, 0.25) is 0 Å². The third kappa shape index (κ3) is 6.05. The van der Waals surface area contributed by atoms with Gasteiger partial charge in [-0.1, -0.05) is 30.3 Å². The van der Waals surface area contributed by atoms with Gasteiger partial charge in [-0.05, 0) is 45.6 Å². The first-order chi connectivity index (χ1) is 11.8. The quantitative estimate of drug-likeness (QED) is 0.849. The molecule has 0 spiro atoms. The zero-order valence-electron chi connectivity index (χ0n) is 15.2. The predicted molar refractivity (Wildman–Crippen MR) is 94.5 cm³/mol. The minimum absolute atomic E-state index is 0.251. The second-order valence-electron chi connectivity index (χ2n) is 7.41. The van der Waals surface area contributed by atoms with E-state index in [1.54, 1.807) is 0 Å². The highest BCUT2D eigenvalue weighted by Gasteiger charge is 2.33. The molecular weight excluding hydrogens is 320 g/mol. The lowest BCUT2D eigenvalue weighted by molar-refractivity contribution is -0.150. The highest BCUT2D eigenvalue weighted by molar-refractivity contribution is 5.73. The zero-order chi connectivity index (χ0) is 18.4. The number of hydrogen-bond donors (Lipinski definition) is 1. The summed E-state index contributed by atoms with van der Waals surface area (Å²) in [5, 5.41) is 0.